The molecule has 0 radical (unpaired) electrons. The number of carbonyl (C=O) groups excluding carboxylic acids is 2. The molecule has 2 amide bonds. The van der Waals surface area contributed by atoms with E-state index < -0.39 is 23.7 Å². The summed E-state index contributed by atoms with van der Waals surface area (Å²) in [6.45, 7) is 1.57. The number of primary amides is 1. The fraction of sp³-hybridized carbons (Fsp3) is 0.160. The number of amides is 2. The van der Waals surface area contributed by atoms with Gasteiger partial charge in [0.2, 0.25) is 0 Å². The molecular weight excluding hydrogens is 606 g/mol. The number of hydrogen-bond donors (Lipinski definition) is 2. The lowest BCUT2D eigenvalue weighted by Gasteiger charge is -2.12. The number of nitrogens with one attached hydrogen (secondary N) is 1. The van der Waals surface area contributed by atoms with Gasteiger partial charge in [-0.15, -0.1) is 11.3 Å². The third-order valence-electron chi connectivity index (χ3n) is 6.06. The zero-order valence-electron chi connectivity index (χ0n) is 21.1. The van der Waals surface area contributed by atoms with Crippen LogP contribution in [0.5, 0.6) is 5.75 Å². The van der Waals surface area contributed by atoms with Crippen molar-refractivity contribution in [1.29, 1.82) is 0 Å². The van der Waals surface area contributed by atoms with Gasteiger partial charge in [-0.2, -0.15) is 23.4 Å². The molecule has 0 saturated carbocycles. The number of aromatic nitrogens is 5. The summed E-state index contributed by atoms with van der Waals surface area (Å²) in [6.07, 6.45) is -1.91. The number of fused-ring (bicyclic) bond motifs is 1. The number of nitrogens with zero attached hydrogens (tertiary/aromatic N) is 5. The molecule has 1 aromatic carbocycles. The Balaban J connectivity index is 1.52. The summed E-state index contributed by atoms with van der Waals surface area (Å²) < 4.78 is 49.7. The number of hydrogen-bond acceptors (Lipinski definition) is 7. The molecule has 16 heteroatoms. The molecule has 10 nitrogen and oxygen atoms in total. The van der Waals surface area contributed by atoms with Crippen molar-refractivity contribution in [2.45, 2.75) is 19.8 Å². The van der Waals surface area contributed by atoms with E-state index in [1.165, 1.54) is 33.9 Å². The Hall–Kier alpha value is -4.14. The quantitative estimate of drug-likeness (QED) is 0.232. The van der Waals surface area contributed by atoms with Crippen molar-refractivity contribution in [2.24, 2.45) is 12.8 Å². The topological polar surface area (TPSA) is 130 Å². The summed E-state index contributed by atoms with van der Waals surface area (Å²) in [5.74, 6) is -1.36. The molecule has 0 bridgehead atoms. The molecule has 4 aromatic heterocycles. The fourth-order valence-corrected chi connectivity index (χ4v) is 5.44. The summed E-state index contributed by atoms with van der Waals surface area (Å²) in [6, 6.07) is 6.94. The Labute approximate surface area is 243 Å². The fourth-order valence-electron chi connectivity index (χ4n) is 3.97. The number of thiophene rings is 1. The first kappa shape index (κ1) is 28.4. The van der Waals surface area contributed by atoms with Crippen LogP contribution in [0.4, 0.5) is 18.9 Å². The summed E-state index contributed by atoms with van der Waals surface area (Å²) in [7, 11) is 1.63. The number of carbonyl (C=O) groups is 2. The number of anilines is 1. The zero-order valence-corrected chi connectivity index (χ0v) is 23.4. The lowest BCUT2D eigenvalue weighted by atomic mass is 10.0. The molecule has 0 aliphatic rings. The molecule has 0 aliphatic carbocycles. The van der Waals surface area contributed by atoms with Crippen LogP contribution in [-0.2, 0) is 20.0 Å². The molecule has 5 rings (SSSR count). The molecule has 212 valence electrons. The molecule has 0 atom stereocenters. The Bertz CT molecular complexity index is 1830. The SMILES string of the molecule is Cc1c(-c2cc(C(F)(F)F)nc3sc(C(N)=O)c(NC(=O)c4ccn(COc5ccc(Cl)cc5Cl)n4)c23)cnn1C. The zero-order chi connectivity index (χ0) is 29.6. The molecule has 5 aromatic rings. The van der Waals surface area contributed by atoms with Gasteiger partial charge in [0.1, 0.15) is 21.2 Å². The first-order valence-corrected chi connectivity index (χ1v) is 13.2. The molecule has 3 N–H and O–H groups in total. The van der Waals surface area contributed by atoms with E-state index in [0.29, 0.717) is 33.4 Å². The summed E-state index contributed by atoms with van der Waals surface area (Å²) >= 11 is 12.6. The van der Waals surface area contributed by atoms with Gasteiger partial charge in [-0.05, 0) is 42.8 Å². The van der Waals surface area contributed by atoms with Crippen molar-refractivity contribution in [2.75, 3.05) is 5.32 Å². The number of rotatable bonds is 7. The number of benzene rings is 1. The third kappa shape index (κ3) is 5.58. The molecule has 0 saturated heterocycles. The molecule has 0 fully saturated rings. The van der Waals surface area contributed by atoms with Crippen LogP contribution in [-0.4, -0.2) is 36.4 Å². The van der Waals surface area contributed by atoms with E-state index in [0.717, 1.165) is 6.07 Å². The normalized spacial score (nSPS) is 11.7. The smallest absolute Gasteiger partial charge is 0.433 e. The minimum atomic E-state index is -4.77. The Kier molecular flexibility index (Phi) is 7.40. The van der Waals surface area contributed by atoms with Gasteiger partial charge in [0, 0.05) is 34.9 Å². The van der Waals surface area contributed by atoms with Crippen molar-refractivity contribution in [3.8, 4) is 16.9 Å². The van der Waals surface area contributed by atoms with Gasteiger partial charge in [0.15, 0.2) is 12.4 Å². The summed E-state index contributed by atoms with van der Waals surface area (Å²) in [4.78, 5) is 29.0. The van der Waals surface area contributed by atoms with Crippen molar-refractivity contribution in [3.05, 3.63) is 74.7 Å². The number of aryl methyl sites for hydroxylation is 1. The molecule has 41 heavy (non-hydrogen) atoms. The lowest BCUT2D eigenvalue weighted by molar-refractivity contribution is -0.140. The highest BCUT2D eigenvalue weighted by Crippen LogP contribution is 2.44. The molecule has 4 heterocycles. The number of ether oxygens (including phenoxy) is 1. The standard InChI is InChI=1S/C25H18Cl2F3N7O3S/c1-11-14(9-32-36(11)2)13-8-18(25(28,29)30)33-24-19(13)20(21(41-24)22(31)38)34-23(39)16-5-6-37(35-16)10-40-17-4-3-12(26)7-15(17)27/h3-9H,10H2,1-2H3,(H2,31,38)(H,34,39). The first-order valence-electron chi connectivity index (χ1n) is 11.6. The van der Waals surface area contributed by atoms with E-state index in [9.17, 15) is 22.8 Å². The van der Waals surface area contributed by atoms with Crippen LogP contribution in [0, 0.1) is 6.92 Å². The number of nitrogens with two attached hydrogens (primary N) is 1. The van der Waals surface area contributed by atoms with E-state index in [-0.39, 0.29) is 43.8 Å². The molecule has 0 spiro atoms. The summed E-state index contributed by atoms with van der Waals surface area (Å²) in [5, 5.41) is 11.7. The highest BCUT2D eigenvalue weighted by atomic mass is 35.5. The van der Waals surface area contributed by atoms with Crippen molar-refractivity contribution in [1.82, 2.24) is 24.5 Å². The Morgan fingerprint density at radius 1 is 1.17 bits per heavy atom. The van der Waals surface area contributed by atoms with Gasteiger partial charge in [0.25, 0.3) is 11.8 Å². The van der Waals surface area contributed by atoms with Gasteiger partial charge in [-0.3, -0.25) is 14.3 Å². The first-order chi connectivity index (χ1) is 19.3. The molecule has 0 aliphatic heterocycles. The van der Waals surface area contributed by atoms with Crippen molar-refractivity contribution < 1.29 is 27.5 Å². The largest absolute Gasteiger partial charge is 0.470 e. The second-order valence-corrected chi connectivity index (χ2v) is 10.6. The van der Waals surface area contributed by atoms with Crippen LogP contribution in [0.15, 0.2) is 42.7 Å². The summed E-state index contributed by atoms with van der Waals surface area (Å²) in [5.41, 5.74) is 5.23. The number of halogens is 5. The monoisotopic (exact) mass is 623 g/mol. The maximum Gasteiger partial charge on any atom is 0.433 e. The van der Waals surface area contributed by atoms with Gasteiger partial charge < -0.3 is 15.8 Å². The van der Waals surface area contributed by atoms with E-state index in [4.69, 9.17) is 33.7 Å². The van der Waals surface area contributed by atoms with Crippen LogP contribution < -0.4 is 15.8 Å². The average molecular weight is 624 g/mol. The van der Waals surface area contributed by atoms with Gasteiger partial charge in [-0.1, -0.05) is 23.2 Å². The van der Waals surface area contributed by atoms with Crippen LogP contribution in [0.2, 0.25) is 10.0 Å². The predicted octanol–water partition coefficient (Wildman–Crippen LogP) is 5.92. The number of pyridine rings is 1. The van der Waals surface area contributed by atoms with Gasteiger partial charge in [0.05, 0.1) is 16.9 Å². The minimum absolute atomic E-state index is 0.0652. The van der Waals surface area contributed by atoms with Crippen molar-refractivity contribution in [3.63, 3.8) is 0 Å². The highest BCUT2D eigenvalue weighted by Gasteiger charge is 2.35. The maximum atomic E-state index is 13.8. The highest BCUT2D eigenvalue weighted by molar-refractivity contribution is 7.21. The van der Waals surface area contributed by atoms with Crippen LogP contribution in [0.3, 0.4) is 0 Å². The third-order valence-corrected chi connectivity index (χ3v) is 7.69. The Morgan fingerprint density at radius 3 is 2.56 bits per heavy atom. The van der Waals surface area contributed by atoms with Crippen molar-refractivity contribution >= 4 is 62.3 Å². The van der Waals surface area contributed by atoms with E-state index >= 15 is 0 Å². The average Bonchev–Trinajstić information content (AvgIpc) is 3.61. The lowest BCUT2D eigenvalue weighted by Crippen LogP contribution is -2.18. The second-order valence-electron chi connectivity index (χ2n) is 8.71. The van der Waals surface area contributed by atoms with Gasteiger partial charge in [-0.25, -0.2) is 9.67 Å². The number of alkyl halides is 3. The minimum Gasteiger partial charge on any atom is -0.470 e. The van der Waals surface area contributed by atoms with Crippen LogP contribution >= 0.6 is 34.5 Å². The predicted molar refractivity (Wildman–Crippen MR) is 147 cm³/mol. The molecule has 0 unspecified atom stereocenters. The second kappa shape index (κ2) is 10.7. The van der Waals surface area contributed by atoms with Gasteiger partial charge >= 0.3 is 6.18 Å². The van der Waals surface area contributed by atoms with E-state index in [1.54, 1.807) is 26.1 Å². The van der Waals surface area contributed by atoms with Crippen LogP contribution in [0.1, 0.15) is 31.5 Å². The van der Waals surface area contributed by atoms with Crippen LogP contribution in [0.25, 0.3) is 21.3 Å². The van der Waals surface area contributed by atoms with E-state index in [2.05, 4.69) is 20.5 Å². The van der Waals surface area contributed by atoms with E-state index in [1.807, 2.05) is 0 Å². The Morgan fingerprint density at radius 2 is 1.93 bits per heavy atom. The molecular formula is C25H18Cl2F3N7O3S. The maximum absolute atomic E-state index is 13.8.